The second-order valence-corrected chi connectivity index (χ2v) is 6.81. The van der Waals surface area contributed by atoms with Gasteiger partial charge in [-0.15, -0.1) is 0 Å². The molecule has 0 aromatic rings. The maximum Gasteiger partial charge on any atom is 0.404 e. The lowest BCUT2D eigenvalue weighted by Gasteiger charge is -2.39. The molecule has 1 aliphatic carbocycles. The molecule has 2 saturated heterocycles. The van der Waals surface area contributed by atoms with Crippen molar-refractivity contribution in [2.24, 2.45) is 11.7 Å². The Hall–Kier alpha value is -2.39. The molecule has 0 bridgehead atoms. The lowest BCUT2D eigenvalue weighted by molar-refractivity contribution is -0.137. The number of Topliss-reactive ketones (excluding diaryl/α,β-unsaturated/α-hetero) is 2. The van der Waals surface area contributed by atoms with Crippen molar-refractivity contribution in [2.75, 3.05) is 26.9 Å². The van der Waals surface area contributed by atoms with Crippen molar-refractivity contribution < 1.29 is 28.6 Å². The highest BCUT2D eigenvalue weighted by Crippen LogP contribution is 2.55. The van der Waals surface area contributed by atoms with Crippen LogP contribution < -0.4 is 11.1 Å². The van der Waals surface area contributed by atoms with Gasteiger partial charge < -0.3 is 30.2 Å². The lowest BCUT2D eigenvalue weighted by atomic mass is 9.83. The van der Waals surface area contributed by atoms with E-state index >= 15 is 0 Å². The van der Waals surface area contributed by atoms with Crippen molar-refractivity contribution in [2.45, 2.75) is 31.7 Å². The molecule has 140 valence electrons. The number of amides is 1. The molecule has 0 radical (unpaired) electrons. The number of hydrogen-bond donors (Lipinski definition) is 2. The van der Waals surface area contributed by atoms with Gasteiger partial charge in [-0.2, -0.15) is 0 Å². The molecule has 9 heteroatoms. The van der Waals surface area contributed by atoms with Gasteiger partial charge in [0, 0.05) is 30.8 Å². The van der Waals surface area contributed by atoms with E-state index in [0.29, 0.717) is 12.2 Å². The van der Waals surface area contributed by atoms with Crippen LogP contribution in [0.5, 0.6) is 0 Å². The van der Waals surface area contributed by atoms with Gasteiger partial charge in [0.15, 0.2) is 11.5 Å². The Bertz CT molecular complexity index is 787. The zero-order valence-corrected chi connectivity index (χ0v) is 14.8. The third kappa shape index (κ3) is 1.95. The highest BCUT2D eigenvalue weighted by molar-refractivity contribution is 6.25. The summed E-state index contributed by atoms with van der Waals surface area (Å²) >= 11 is 0. The van der Waals surface area contributed by atoms with Crippen LogP contribution in [0.3, 0.4) is 0 Å². The maximum atomic E-state index is 13.2. The van der Waals surface area contributed by atoms with Crippen molar-refractivity contribution in [3.05, 3.63) is 22.6 Å². The Balaban J connectivity index is 1.82. The number of nitrogens with two attached hydrogens (primary N) is 1. The molecule has 3 heterocycles. The fraction of sp³-hybridized carbons (Fsp3) is 0.588. The lowest BCUT2D eigenvalue weighted by Crippen LogP contribution is -2.55. The van der Waals surface area contributed by atoms with Gasteiger partial charge in [0.05, 0.1) is 24.3 Å². The first-order chi connectivity index (χ1) is 12.4. The number of fused-ring (bicyclic) bond motifs is 4. The molecule has 0 spiro atoms. The number of primary amides is 1. The SMILES string of the molecule is CCOC1=C(C)C(=O)C2=C(C1=O)[C@@H](COC(N)=O)[C@@]1(OC)[C@H]3N[C@H]3CN21. The molecule has 0 unspecified atom stereocenters. The zero-order valence-electron chi connectivity index (χ0n) is 14.8. The van der Waals surface area contributed by atoms with Crippen LogP contribution in [-0.4, -0.2) is 67.2 Å². The number of rotatable bonds is 5. The average Bonchev–Trinajstić information content (AvgIpc) is 3.21. The van der Waals surface area contributed by atoms with Crippen molar-refractivity contribution in [1.82, 2.24) is 10.2 Å². The number of allylic oxidation sites excluding steroid dienone is 2. The minimum Gasteiger partial charge on any atom is -0.489 e. The minimum absolute atomic E-state index is 0.0491. The molecule has 26 heavy (non-hydrogen) atoms. The highest BCUT2D eigenvalue weighted by atomic mass is 16.6. The number of methoxy groups -OCH3 is 1. The summed E-state index contributed by atoms with van der Waals surface area (Å²) in [5.74, 6) is -1.21. The van der Waals surface area contributed by atoms with Gasteiger partial charge in [-0.1, -0.05) is 0 Å². The summed E-state index contributed by atoms with van der Waals surface area (Å²) in [5.41, 5.74) is 5.06. The predicted molar refractivity (Wildman–Crippen MR) is 87.5 cm³/mol. The topological polar surface area (TPSA) is 130 Å². The van der Waals surface area contributed by atoms with Crippen LogP contribution >= 0.6 is 0 Å². The van der Waals surface area contributed by atoms with E-state index < -0.39 is 17.7 Å². The van der Waals surface area contributed by atoms with Crippen LogP contribution in [0.1, 0.15) is 13.8 Å². The monoisotopic (exact) mass is 363 g/mol. The Morgan fingerprint density at radius 2 is 2.12 bits per heavy atom. The third-order valence-corrected chi connectivity index (χ3v) is 5.66. The summed E-state index contributed by atoms with van der Waals surface area (Å²) in [6.45, 7) is 3.99. The smallest absolute Gasteiger partial charge is 0.404 e. The van der Waals surface area contributed by atoms with Crippen molar-refractivity contribution >= 4 is 17.7 Å². The van der Waals surface area contributed by atoms with E-state index in [9.17, 15) is 14.4 Å². The zero-order chi connectivity index (χ0) is 18.8. The van der Waals surface area contributed by atoms with Crippen molar-refractivity contribution in [3.63, 3.8) is 0 Å². The van der Waals surface area contributed by atoms with E-state index in [0.717, 1.165) is 0 Å². The Morgan fingerprint density at radius 1 is 1.38 bits per heavy atom. The van der Waals surface area contributed by atoms with Crippen LogP contribution in [-0.2, 0) is 23.8 Å². The van der Waals surface area contributed by atoms with E-state index in [-0.39, 0.29) is 53.8 Å². The third-order valence-electron chi connectivity index (χ3n) is 5.66. The molecular formula is C17H21N3O6. The standard InChI is InChI=1S/C17H21N3O6/c1-4-25-14-7(2)12(21)11-10(13(14)22)8(6-26-16(18)23)17(24-3)15-9(19-15)5-20(11)17/h8-9,15,19H,4-6H2,1-3H3,(H2,18,23)/t8-,9+,15+,17-/m1/s1. The first-order valence-electron chi connectivity index (χ1n) is 8.56. The fourth-order valence-corrected chi connectivity index (χ4v) is 4.59. The Morgan fingerprint density at radius 3 is 2.73 bits per heavy atom. The second kappa shape index (κ2) is 5.55. The predicted octanol–water partition coefficient (Wildman–Crippen LogP) is -0.573. The van der Waals surface area contributed by atoms with E-state index in [4.69, 9.17) is 19.9 Å². The number of carbonyl (C=O) groups excluding carboxylic acids is 3. The van der Waals surface area contributed by atoms with Gasteiger partial charge in [0.25, 0.3) is 0 Å². The Kier molecular flexibility index (Phi) is 3.64. The van der Waals surface area contributed by atoms with Crippen LogP contribution in [0.2, 0.25) is 0 Å². The molecule has 4 aliphatic rings. The number of carbonyl (C=O) groups is 3. The molecule has 1 amide bonds. The maximum absolute atomic E-state index is 13.2. The Labute approximate surface area is 150 Å². The first-order valence-corrected chi connectivity index (χ1v) is 8.56. The van der Waals surface area contributed by atoms with Crippen LogP contribution in [0.15, 0.2) is 22.6 Å². The van der Waals surface area contributed by atoms with E-state index in [1.165, 1.54) is 7.11 Å². The molecule has 4 rings (SSSR count). The van der Waals surface area contributed by atoms with Gasteiger partial charge in [-0.3, -0.25) is 9.59 Å². The van der Waals surface area contributed by atoms with Crippen LogP contribution in [0.25, 0.3) is 0 Å². The number of hydrogen-bond acceptors (Lipinski definition) is 8. The van der Waals surface area contributed by atoms with Gasteiger partial charge in [-0.25, -0.2) is 4.79 Å². The number of nitrogens with zero attached hydrogens (tertiary/aromatic N) is 1. The van der Waals surface area contributed by atoms with Crippen LogP contribution in [0, 0.1) is 5.92 Å². The molecule has 0 aromatic carbocycles. The number of ether oxygens (including phenoxy) is 3. The minimum atomic E-state index is -0.960. The van der Waals surface area contributed by atoms with Gasteiger partial charge >= 0.3 is 6.09 Å². The molecule has 2 fully saturated rings. The molecule has 3 N–H and O–H groups in total. The van der Waals surface area contributed by atoms with Gasteiger partial charge in [0.1, 0.15) is 6.61 Å². The average molecular weight is 363 g/mol. The largest absolute Gasteiger partial charge is 0.489 e. The summed E-state index contributed by atoms with van der Waals surface area (Å²) in [7, 11) is 1.53. The number of nitrogens with one attached hydrogen (secondary N) is 1. The summed E-state index contributed by atoms with van der Waals surface area (Å²) in [6, 6.07) is 0.108. The van der Waals surface area contributed by atoms with Gasteiger partial charge in [-0.05, 0) is 13.8 Å². The summed E-state index contributed by atoms with van der Waals surface area (Å²) in [4.78, 5) is 39.2. The number of ketones is 2. The van der Waals surface area contributed by atoms with E-state index in [2.05, 4.69) is 5.32 Å². The van der Waals surface area contributed by atoms with Crippen molar-refractivity contribution in [1.29, 1.82) is 0 Å². The van der Waals surface area contributed by atoms with Crippen LogP contribution in [0.4, 0.5) is 4.79 Å². The normalized spacial score (nSPS) is 34.7. The van der Waals surface area contributed by atoms with E-state index in [1.54, 1.807) is 13.8 Å². The summed E-state index contributed by atoms with van der Waals surface area (Å²) in [6.07, 6.45) is -0.943. The summed E-state index contributed by atoms with van der Waals surface area (Å²) < 4.78 is 16.4. The molecule has 0 aromatic heterocycles. The fourth-order valence-electron chi connectivity index (χ4n) is 4.59. The molecule has 9 nitrogen and oxygen atoms in total. The first kappa shape index (κ1) is 17.0. The highest BCUT2D eigenvalue weighted by Gasteiger charge is 2.72. The molecule has 3 aliphatic heterocycles. The molecule has 4 atom stereocenters. The molecule has 0 saturated carbocycles. The van der Waals surface area contributed by atoms with Gasteiger partial charge in [0.2, 0.25) is 11.6 Å². The summed E-state index contributed by atoms with van der Waals surface area (Å²) in [5, 5.41) is 3.30. The van der Waals surface area contributed by atoms with Crippen molar-refractivity contribution in [3.8, 4) is 0 Å². The van der Waals surface area contributed by atoms with E-state index in [1.807, 2.05) is 4.90 Å². The quantitative estimate of drug-likeness (QED) is 0.490. The second-order valence-electron chi connectivity index (χ2n) is 6.81. The number of piperazine rings is 1. The molecular weight excluding hydrogens is 342 g/mol.